The molecule has 6 heteroatoms. The van der Waals surface area contributed by atoms with Gasteiger partial charge in [0.15, 0.2) is 4.67 Å². The Balaban J connectivity index is 2.14. The molecule has 0 bridgehead atoms. The molecule has 2 aromatic rings. The zero-order chi connectivity index (χ0) is 14.5. The van der Waals surface area contributed by atoms with E-state index in [1.165, 1.54) is 6.26 Å². The number of halogens is 1. The van der Waals surface area contributed by atoms with E-state index in [1.807, 2.05) is 6.92 Å². The van der Waals surface area contributed by atoms with E-state index in [0.29, 0.717) is 28.0 Å². The van der Waals surface area contributed by atoms with Gasteiger partial charge in [-0.25, -0.2) is 0 Å². The van der Waals surface area contributed by atoms with Gasteiger partial charge in [-0.1, -0.05) is 6.07 Å². The first-order valence-electron chi connectivity index (χ1n) is 6.04. The van der Waals surface area contributed by atoms with Crippen LogP contribution in [-0.2, 0) is 0 Å². The van der Waals surface area contributed by atoms with Gasteiger partial charge < -0.3 is 15.1 Å². The fourth-order valence-corrected chi connectivity index (χ4v) is 2.08. The van der Waals surface area contributed by atoms with Crippen LogP contribution in [0.1, 0.15) is 27.6 Å². The maximum Gasteiger partial charge on any atom is 0.260 e. The summed E-state index contributed by atoms with van der Waals surface area (Å²) in [7, 11) is 0. The van der Waals surface area contributed by atoms with Crippen LogP contribution in [0.4, 0.5) is 5.69 Å². The first-order valence-corrected chi connectivity index (χ1v) is 6.83. The highest BCUT2D eigenvalue weighted by Crippen LogP contribution is 2.19. The van der Waals surface area contributed by atoms with E-state index >= 15 is 0 Å². The van der Waals surface area contributed by atoms with Gasteiger partial charge in [0.25, 0.3) is 11.8 Å². The molecule has 0 unspecified atom stereocenters. The highest BCUT2D eigenvalue weighted by molar-refractivity contribution is 9.10. The summed E-state index contributed by atoms with van der Waals surface area (Å²) < 4.78 is 5.38. The lowest BCUT2D eigenvalue weighted by molar-refractivity contribution is 0.0954. The van der Waals surface area contributed by atoms with Crippen molar-refractivity contribution in [3.05, 3.63) is 52.4 Å². The van der Waals surface area contributed by atoms with Crippen molar-refractivity contribution >= 4 is 33.4 Å². The lowest BCUT2D eigenvalue weighted by Gasteiger charge is -2.07. The van der Waals surface area contributed by atoms with Gasteiger partial charge in [-0.15, -0.1) is 0 Å². The number of nitrogens with one attached hydrogen (secondary N) is 2. The van der Waals surface area contributed by atoms with E-state index in [9.17, 15) is 9.59 Å². The maximum absolute atomic E-state index is 12.0. The molecule has 0 atom stereocenters. The summed E-state index contributed by atoms with van der Waals surface area (Å²) in [6.07, 6.45) is 1.42. The largest absolute Gasteiger partial charge is 0.457 e. The number of hydrogen-bond donors (Lipinski definition) is 2. The molecule has 1 heterocycles. The lowest BCUT2D eigenvalue weighted by Crippen LogP contribution is -2.22. The van der Waals surface area contributed by atoms with E-state index in [4.69, 9.17) is 4.42 Å². The van der Waals surface area contributed by atoms with Crippen molar-refractivity contribution in [2.75, 3.05) is 11.9 Å². The second-order valence-electron chi connectivity index (χ2n) is 4.00. The van der Waals surface area contributed by atoms with Crippen LogP contribution in [0.25, 0.3) is 0 Å². The van der Waals surface area contributed by atoms with Gasteiger partial charge >= 0.3 is 0 Å². The minimum atomic E-state index is -0.307. The number of hydrogen-bond acceptors (Lipinski definition) is 3. The molecule has 2 amide bonds. The van der Waals surface area contributed by atoms with Gasteiger partial charge in [-0.3, -0.25) is 9.59 Å². The molecule has 104 valence electrons. The molecule has 0 radical (unpaired) electrons. The highest BCUT2D eigenvalue weighted by Gasteiger charge is 2.13. The second-order valence-corrected chi connectivity index (χ2v) is 4.72. The molecule has 0 aliphatic carbocycles. The Morgan fingerprint density at radius 3 is 2.70 bits per heavy atom. The minimum absolute atomic E-state index is 0.173. The van der Waals surface area contributed by atoms with Crippen LogP contribution in [0, 0.1) is 0 Å². The summed E-state index contributed by atoms with van der Waals surface area (Å²) in [5, 5.41) is 5.42. The molecule has 0 fully saturated rings. The van der Waals surface area contributed by atoms with E-state index in [-0.39, 0.29) is 11.8 Å². The third kappa shape index (κ3) is 3.27. The third-order valence-corrected chi connectivity index (χ3v) is 3.20. The molecule has 0 saturated carbocycles. The minimum Gasteiger partial charge on any atom is -0.457 e. The van der Waals surface area contributed by atoms with Gasteiger partial charge in [0.2, 0.25) is 0 Å². The molecule has 1 aromatic carbocycles. The number of amides is 2. The number of anilines is 1. The average molecular weight is 337 g/mol. The predicted molar refractivity (Wildman–Crippen MR) is 78.8 cm³/mol. The van der Waals surface area contributed by atoms with Gasteiger partial charge in [0.1, 0.15) is 0 Å². The van der Waals surface area contributed by atoms with Gasteiger partial charge in [-0.2, -0.15) is 0 Å². The van der Waals surface area contributed by atoms with Crippen LogP contribution in [-0.4, -0.2) is 18.4 Å². The third-order valence-electron chi connectivity index (χ3n) is 2.58. The van der Waals surface area contributed by atoms with Gasteiger partial charge in [-0.05, 0) is 47.1 Å². The van der Waals surface area contributed by atoms with Crippen LogP contribution < -0.4 is 10.6 Å². The topological polar surface area (TPSA) is 71.3 Å². The van der Waals surface area contributed by atoms with Gasteiger partial charge in [0, 0.05) is 17.8 Å². The fourth-order valence-electron chi connectivity index (χ4n) is 1.65. The van der Waals surface area contributed by atoms with Crippen molar-refractivity contribution in [3.63, 3.8) is 0 Å². The first-order chi connectivity index (χ1) is 9.61. The van der Waals surface area contributed by atoms with Crippen LogP contribution in [0.15, 0.2) is 45.7 Å². The standard InChI is InChI=1S/C14H13BrN2O3/c1-2-16-13(18)9-4-3-5-10(8-9)17-14(19)11-6-7-20-12(11)15/h3-8H,2H2,1H3,(H,16,18)(H,17,19). The summed E-state index contributed by atoms with van der Waals surface area (Å²) >= 11 is 3.15. The van der Waals surface area contributed by atoms with Crippen LogP contribution in [0.3, 0.4) is 0 Å². The molecular formula is C14H13BrN2O3. The van der Waals surface area contributed by atoms with Crippen LogP contribution >= 0.6 is 15.9 Å². The number of carbonyl (C=O) groups excluding carboxylic acids is 2. The molecule has 0 aliphatic rings. The Kier molecular flexibility index (Phi) is 4.57. The quantitative estimate of drug-likeness (QED) is 0.901. The Bertz CT molecular complexity index is 637. The summed E-state index contributed by atoms with van der Waals surface area (Å²) in [6.45, 7) is 2.40. The molecule has 1 aromatic heterocycles. The highest BCUT2D eigenvalue weighted by atomic mass is 79.9. The molecule has 2 rings (SSSR count). The van der Waals surface area contributed by atoms with E-state index in [0.717, 1.165) is 0 Å². The van der Waals surface area contributed by atoms with Crippen LogP contribution in [0.2, 0.25) is 0 Å². The second kappa shape index (κ2) is 6.38. The van der Waals surface area contributed by atoms with E-state index < -0.39 is 0 Å². The zero-order valence-corrected chi connectivity index (χ0v) is 12.4. The summed E-state index contributed by atoms with van der Waals surface area (Å²) in [5.74, 6) is -0.480. The average Bonchev–Trinajstić information content (AvgIpc) is 2.85. The van der Waals surface area contributed by atoms with E-state index in [2.05, 4.69) is 26.6 Å². The van der Waals surface area contributed by atoms with Crippen molar-refractivity contribution in [1.29, 1.82) is 0 Å². The predicted octanol–water partition coefficient (Wildman–Crippen LogP) is 3.04. The monoisotopic (exact) mass is 336 g/mol. The zero-order valence-electron chi connectivity index (χ0n) is 10.8. The van der Waals surface area contributed by atoms with Crippen molar-refractivity contribution in [3.8, 4) is 0 Å². The van der Waals surface area contributed by atoms with Crippen LogP contribution in [0.5, 0.6) is 0 Å². The van der Waals surface area contributed by atoms with E-state index in [1.54, 1.807) is 30.3 Å². The summed E-state index contributed by atoms with van der Waals surface area (Å²) in [6, 6.07) is 8.30. The normalized spacial score (nSPS) is 10.1. The number of furan rings is 1. The number of benzene rings is 1. The smallest absolute Gasteiger partial charge is 0.260 e. The molecule has 0 spiro atoms. The molecule has 20 heavy (non-hydrogen) atoms. The molecule has 5 nitrogen and oxygen atoms in total. The van der Waals surface area contributed by atoms with Crippen molar-refractivity contribution in [2.45, 2.75) is 6.92 Å². The molecular weight excluding hydrogens is 324 g/mol. The molecule has 0 aliphatic heterocycles. The molecule has 2 N–H and O–H groups in total. The maximum atomic E-state index is 12.0. The number of carbonyl (C=O) groups is 2. The van der Waals surface area contributed by atoms with Crippen molar-refractivity contribution in [1.82, 2.24) is 5.32 Å². The Labute approximate surface area is 124 Å². The first kappa shape index (κ1) is 14.3. The number of rotatable bonds is 4. The Hall–Kier alpha value is -2.08. The van der Waals surface area contributed by atoms with Gasteiger partial charge in [0.05, 0.1) is 11.8 Å². The fraction of sp³-hybridized carbons (Fsp3) is 0.143. The Morgan fingerprint density at radius 2 is 2.05 bits per heavy atom. The summed E-state index contributed by atoms with van der Waals surface area (Å²) in [4.78, 5) is 23.7. The lowest BCUT2D eigenvalue weighted by atomic mass is 10.2. The SMILES string of the molecule is CCNC(=O)c1cccc(NC(=O)c2ccoc2Br)c1. The Morgan fingerprint density at radius 1 is 1.25 bits per heavy atom. The molecule has 0 saturated heterocycles. The summed E-state index contributed by atoms with van der Waals surface area (Å²) in [5.41, 5.74) is 1.44. The van der Waals surface area contributed by atoms with Crippen molar-refractivity contribution < 1.29 is 14.0 Å². The van der Waals surface area contributed by atoms with Crippen molar-refractivity contribution in [2.24, 2.45) is 0 Å².